The van der Waals surface area contributed by atoms with E-state index in [2.05, 4.69) is 5.32 Å². The van der Waals surface area contributed by atoms with Crippen molar-refractivity contribution >= 4 is 75.4 Å². The molecule has 0 spiro atoms. The van der Waals surface area contributed by atoms with E-state index in [4.69, 9.17) is 39.5 Å². The van der Waals surface area contributed by atoms with Crippen LogP contribution < -0.4 is 10.1 Å². The highest BCUT2D eigenvalue weighted by Crippen LogP contribution is 2.36. The van der Waals surface area contributed by atoms with Crippen LogP contribution in [0.25, 0.3) is 6.08 Å². The van der Waals surface area contributed by atoms with Gasteiger partial charge in [0.25, 0.3) is 17.1 Å². The van der Waals surface area contributed by atoms with Crippen molar-refractivity contribution in [2.75, 3.05) is 11.9 Å². The minimum absolute atomic E-state index is 0.0408. The first-order valence-corrected chi connectivity index (χ1v) is 12.2. The Kier molecular flexibility index (Phi) is 8.03. The zero-order chi connectivity index (χ0) is 24.9. The minimum Gasteiger partial charge on any atom is -0.483 e. The fraction of sp³-hybridized carbons (Fsp3) is 0.0800. The van der Waals surface area contributed by atoms with E-state index in [9.17, 15) is 14.4 Å². The number of hydrogen-bond donors (Lipinski definition) is 1. The number of benzene rings is 3. The molecule has 10 heteroatoms. The lowest BCUT2D eigenvalue weighted by Gasteiger charge is -2.14. The second kappa shape index (κ2) is 11.2. The second-order valence-electron chi connectivity index (χ2n) is 7.32. The monoisotopic (exact) mass is 546 g/mol. The number of anilines is 1. The maximum Gasteiger partial charge on any atom is 0.293 e. The van der Waals surface area contributed by atoms with Crippen molar-refractivity contribution in [3.05, 3.63) is 97.8 Å². The van der Waals surface area contributed by atoms with E-state index in [1.165, 1.54) is 0 Å². The first kappa shape index (κ1) is 25.1. The largest absolute Gasteiger partial charge is 0.483 e. The standard InChI is InChI=1S/C25H17Cl3N2O4S/c26-17-8-5-9-18(27)16(17)13-30-24(32)22(35-25(30)33)12-15-6-1-4-11-21(15)34-14-23(31)29-20-10-3-2-7-19(20)28/h1-12H,13-14H2,(H,29,31)/b22-12-. The molecule has 1 N–H and O–H groups in total. The number of amides is 3. The average Bonchev–Trinajstić information content (AvgIpc) is 3.09. The van der Waals surface area contributed by atoms with Crippen molar-refractivity contribution < 1.29 is 19.1 Å². The first-order valence-electron chi connectivity index (χ1n) is 10.3. The molecule has 0 saturated carbocycles. The number of ether oxygens (including phenoxy) is 1. The number of hydrogen-bond acceptors (Lipinski definition) is 5. The summed E-state index contributed by atoms with van der Waals surface area (Å²) < 4.78 is 5.68. The van der Waals surface area contributed by atoms with Crippen LogP contribution in [0.1, 0.15) is 11.1 Å². The highest BCUT2D eigenvalue weighted by Gasteiger charge is 2.36. The highest BCUT2D eigenvalue weighted by molar-refractivity contribution is 8.18. The van der Waals surface area contributed by atoms with Gasteiger partial charge in [0, 0.05) is 21.2 Å². The summed E-state index contributed by atoms with van der Waals surface area (Å²) in [7, 11) is 0. The van der Waals surface area contributed by atoms with Gasteiger partial charge in [-0.2, -0.15) is 0 Å². The molecule has 1 fully saturated rings. The molecule has 4 rings (SSSR count). The summed E-state index contributed by atoms with van der Waals surface area (Å²) in [4.78, 5) is 39.2. The maximum atomic E-state index is 13.0. The van der Waals surface area contributed by atoms with Gasteiger partial charge in [-0.05, 0) is 48.2 Å². The molecule has 3 amide bonds. The van der Waals surface area contributed by atoms with Crippen LogP contribution in [-0.4, -0.2) is 28.6 Å². The van der Waals surface area contributed by atoms with E-state index in [-0.39, 0.29) is 18.1 Å². The molecule has 35 heavy (non-hydrogen) atoms. The van der Waals surface area contributed by atoms with E-state index >= 15 is 0 Å². The third-order valence-corrected chi connectivity index (χ3v) is 6.91. The number of nitrogens with one attached hydrogen (secondary N) is 1. The average molecular weight is 548 g/mol. The molecule has 0 aromatic heterocycles. The zero-order valence-electron chi connectivity index (χ0n) is 18.0. The van der Waals surface area contributed by atoms with E-state index < -0.39 is 17.1 Å². The number of imide groups is 1. The molecule has 1 aliphatic rings. The van der Waals surface area contributed by atoms with Crippen molar-refractivity contribution in [1.82, 2.24) is 4.90 Å². The Morgan fingerprint density at radius 3 is 2.31 bits per heavy atom. The highest BCUT2D eigenvalue weighted by atomic mass is 35.5. The molecule has 6 nitrogen and oxygen atoms in total. The van der Waals surface area contributed by atoms with Gasteiger partial charge in [-0.25, -0.2) is 0 Å². The number of carbonyl (C=O) groups excluding carboxylic acids is 3. The van der Waals surface area contributed by atoms with Crippen LogP contribution in [0.3, 0.4) is 0 Å². The Morgan fingerprint density at radius 1 is 0.914 bits per heavy atom. The first-order chi connectivity index (χ1) is 16.8. The number of halogens is 3. The lowest BCUT2D eigenvalue weighted by Crippen LogP contribution is -2.27. The van der Waals surface area contributed by atoms with Gasteiger partial charge < -0.3 is 10.1 Å². The van der Waals surface area contributed by atoms with Gasteiger partial charge in [-0.1, -0.05) is 71.2 Å². The second-order valence-corrected chi connectivity index (χ2v) is 9.54. The van der Waals surface area contributed by atoms with Gasteiger partial charge in [0.2, 0.25) is 0 Å². The number of nitrogens with zero attached hydrogens (tertiary/aromatic N) is 1. The lowest BCUT2D eigenvalue weighted by molar-refractivity contribution is -0.123. The van der Waals surface area contributed by atoms with Crippen LogP contribution in [-0.2, 0) is 16.1 Å². The molecule has 1 heterocycles. The van der Waals surface area contributed by atoms with Crippen LogP contribution in [0.2, 0.25) is 15.1 Å². The molecule has 0 bridgehead atoms. The van der Waals surface area contributed by atoms with Crippen molar-refractivity contribution in [3.8, 4) is 5.75 Å². The van der Waals surface area contributed by atoms with Crippen LogP contribution in [0.5, 0.6) is 5.75 Å². The molecule has 3 aromatic rings. The van der Waals surface area contributed by atoms with E-state index in [0.29, 0.717) is 37.6 Å². The lowest BCUT2D eigenvalue weighted by atomic mass is 10.1. The molecule has 1 saturated heterocycles. The topological polar surface area (TPSA) is 75.7 Å². The summed E-state index contributed by atoms with van der Waals surface area (Å²) in [5.41, 5.74) is 1.51. The van der Waals surface area contributed by atoms with Gasteiger partial charge in [-0.15, -0.1) is 0 Å². The van der Waals surface area contributed by atoms with Gasteiger partial charge in [0.15, 0.2) is 6.61 Å². The Labute approximate surface area is 220 Å². The van der Waals surface area contributed by atoms with Crippen molar-refractivity contribution in [2.24, 2.45) is 0 Å². The number of para-hydroxylation sites is 2. The summed E-state index contributed by atoms with van der Waals surface area (Å²) in [5, 5.41) is 3.40. The Bertz CT molecular complexity index is 1330. The molecule has 178 valence electrons. The van der Waals surface area contributed by atoms with Gasteiger partial charge in [0.1, 0.15) is 5.75 Å². The van der Waals surface area contributed by atoms with E-state index in [0.717, 1.165) is 16.7 Å². The normalized spacial score (nSPS) is 14.5. The predicted octanol–water partition coefficient (Wildman–Crippen LogP) is 6.90. The van der Waals surface area contributed by atoms with Crippen molar-refractivity contribution in [2.45, 2.75) is 6.54 Å². The minimum atomic E-state index is -0.470. The summed E-state index contributed by atoms with van der Waals surface area (Å²) in [6.07, 6.45) is 1.56. The molecule has 0 radical (unpaired) electrons. The Hall–Kier alpha value is -2.97. The van der Waals surface area contributed by atoms with Crippen LogP contribution in [0.4, 0.5) is 10.5 Å². The Morgan fingerprint density at radius 2 is 1.57 bits per heavy atom. The summed E-state index contributed by atoms with van der Waals surface area (Å²) >= 11 is 19.3. The van der Waals surface area contributed by atoms with Gasteiger partial charge in [-0.3, -0.25) is 19.3 Å². The molecule has 3 aromatic carbocycles. The number of carbonyl (C=O) groups is 3. The molecule has 0 unspecified atom stereocenters. The Balaban J connectivity index is 1.47. The molecule has 1 aliphatic heterocycles. The van der Waals surface area contributed by atoms with Crippen molar-refractivity contribution in [3.63, 3.8) is 0 Å². The molecule has 0 aliphatic carbocycles. The van der Waals surface area contributed by atoms with Crippen LogP contribution in [0, 0.1) is 0 Å². The summed E-state index contributed by atoms with van der Waals surface area (Å²) in [6, 6.07) is 18.7. The third-order valence-electron chi connectivity index (χ3n) is 4.96. The fourth-order valence-electron chi connectivity index (χ4n) is 3.24. The fourth-order valence-corrected chi connectivity index (χ4v) is 4.77. The zero-order valence-corrected chi connectivity index (χ0v) is 21.0. The molecular weight excluding hydrogens is 531 g/mol. The number of thioether (sulfide) groups is 1. The molecular formula is C25H17Cl3N2O4S. The van der Waals surface area contributed by atoms with E-state index in [1.54, 1.807) is 72.8 Å². The van der Waals surface area contributed by atoms with Gasteiger partial charge >= 0.3 is 0 Å². The van der Waals surface area contributed by atoms with Gasteiger partial charge in [0.05, 0.1) is 22.2 Å². The quantitative estimate of drug-likeness (QED) is 0.326. The molecule has 0 atom stereocenters. The third kappa shape index (κ3) is 6.00. The summed E-state index contributed by atoms with van der Waals surface area (Å²) in [6.45, 7) is -0.316. The maximum absolute atomic E-state index is 13.0. The smallest absolute Gasteiger partial charge is 0.293 e. The van der Waals surface area contributed by atoms with E-state index in [1.807, 2.05) is 0 Å². The van der Waals surface area contributed by atoms with Crippen molar-refractivity contribution in [1.29, 1.82) is 0 Å². The van der Waals surface area contributed by atoms with Crippen LogP contribution in [0.15, 0.2) is 71.6 Å². The predicted molar refractivity (Wildman–Crippen MR) is 140 cm³/mol. The number of rotatable bonds is 7. The SMILES string of the molecule is O=C(COc1ccccc1/C=C1\SC(=O)N(Cc2c(Cl)cccc2Cl)C1=O)Nc1ccccc1Cl. The van der Waals surface area contributed by atoms with Crippen LogP contribution >= 0.6 is 46.6 Å². The summed E-state index contributed by atoms with van der Waals surface area (Å²) in [5.74, 6) is -0.491.